The zero-order valence-corrected chi connectivity index (χ0v) is 16.8. The molecule has 136 valence electrons. The summed E-state index contributed by atoms with van der Waals surface area (Å²) in [5, 5.41) is 12.2. The van der Waals surface area contributed by atoms with Gasteiger partial charge in [0.25, 0.3) is 0 Å². The Hall–Kier alpha value is -1.80. The first-order chi connectivity index (χ1) is 11.9. The summed E-state index contributed by atoms with van der Waals surface area (Å²) in [7, 11) is 1.63. The molecule has 0 unspecified atom stereocenters. The second-order valence-electron chi connectivity index (χ2n) is 6.01. The number of aromatic nitrogens is 2. The van der Waals surface area contributed by atoms with E-state index in [-0.39, 0.29) is 18.0 Å². The van der Waals surface area contributed by atoms with Gasteiger partial charge in [0.15, 0.2) is 4.34 Å². The maximum atomic E-state index is 12.4. The average molecular weight is 381 g/mol. The van der Waals surface area contributed by atoms with Gasteiger partial charge in [-0.15, -0.1) is 10.2 Å². The number of hydrogen-bond acceptors (Lipinski definition) is 7. The highest BCUT2D eigenvalue weighted by Crippen LogP contribution is 2.29. The molecule has 0 bridgehead atoms. The van der Waals surface area contributed by atoms with Crippen molar-refractivity contribution in [3.63, 3.8) is 0 Å². The van der Waals surface area contributed by atoms with Gasteiger partial charge >= 0.3 is 0 Å². The molecule has 0 atom stereocenters. The molecule has 0 fully saturated rings. The number of hydrogen-bond donors (Lipinski definition) is 1. The highest BCUT2D eigenvalue weighted by molar-refractivity contribution is 8.01. The monoisotopic (exact) mass is 380 g/mol. The second kappa shape index (κ2) is 9.05. The van der Waals surface area contributed by atoms with Gasteiger partial charge in [-0.25, -0.2) is 0 Å². The molecular formula is C17H24N4O2S2. The molecular weight excluding hydrogens is 356 g/mol. The van der Waals surface area contributed by atoms with Crippen LogP contribution in [0.25, 0.3) is 0 Å². The summed E-state index contributed by atoms with van der Waals surface area (Å²) in [6.07, 6.45) is 0. The SMILES string of the molecule is COc1cccc(Nc2nnc(SCC(=O)N(C(C)C)C(C)C)s2)c1. The van der Waals surface area contributed by atoms with Gasteiger partial charge in [-0.1, -0.05) is 29.2 Å². The number of nitrogens with zero attached hydrogens (tertiary/aromatic N) is 3. The Morgan fingerprint density at radius 3 is 2.64 bits per heavy atom. The highest BCUT2D eigenvalue weighted by Gasteiger charge is 2.20. The lowest BCUT2D eigenvalue weighted by molar-refractivity contribution is -0.131. The van der Waals surface area contributed by atoms with Crippen LogP contribution in [0.5, 0.6) is 5.75 Å². The molecule has 1 aromatic heterocycles. The lowest BCUT2D eigenvalue weighted by Crippen LogP contribution is -2.43. The van der Waals surface area contributed by atoms with E-state index in [2.05, 4.69) is 15.5 Å². The molecule has 0 aliphatic rings. The highest BCUT2D eigenvalue weighted by atomic mass is 32.2. The lowest BCUT2D eigenvalue weighted by atomic mass is 10.2. The van der Waals surface area contributed by atoms with Crippen LogP contribution in [0.3, 0.4) is 0 Å². The minimum Gasteiger partial charge on any atom is -0.497 e. The topological polar surface area (TPSA) is 67.3 Å². The van der Waals surface area contributed by atoms with E-state index in [0.29, 0.717) is 10.9 Å². The predicted molar refractivity (Wildman–Crippen MR) is 104 cm³/mol. The number of ether oxygens (including phenoxy) is 1. The summed E-state index contributed by atoms with van der Waals surface area (Å²) in [6, 6.07) is 7.99. The Kier molecular flexibility index (Phi) is 7.07. The number of amides is 1. The van der Waals surface area contributed by atoms with Gasteiger partial charge in [-0.2, -0.15) is 0 Å². The molecule has 0 saturated carbocycles. The molecule has 25 heavy (non-hydrogen) atoms. The number of methoxy groups -OCH3 is 1. The maximum Gasteiger partial charge on any atom is 0.233 e. The standard InChI is InChI=1S/C17H24N4O2S2/c1-11(2)21(12(3)4)15(22)10-24-17-20-19-16(25-17)18-13-7-6-8-14(9-13)23-5/h6-9,11-12H,10H2,1-5H3,(H,18,19). The van der Waals surface area contributed by atoms with E-state index in [1.165, 1.54) is 23.1 Å². The van der Waals surface area contributed by atoms with Crippen LogP contribution in [0.4, 0.5) is 10.8 Å². The van der Waals surface area contributed by atoms with Crippen molar-refractivity contribution in [1.29, 1.82) is 0 Å². The molecule has 8 heteroatoms. The quantitative estimate of drug-likeness (QED) is 0.698. The van der Waals surface area contributed by atoms with Crippen molar-refractivity contribution in [3.05, 3.63) is 24.3 Å². The van der Waals surface area contributed by atoms with E-state index >= 15 is 0 Å². The molecule has 0 spiro atoms. The third kappa shape index (κ3) is 5.61. The van der Waals surface area contributed by atoms with Crippen molar-refractivity contribution in [3.8, 4) is 5.75 Å². The lowest BCUT2D eigenvalue weighted by Gasteiger charge is -2.30. The number of nitrogens with one attached hydrogen (secondary N) is 1. The van der Waals surface area contributed by atoms with Gasteiger partial charge in [0.2, 0.25) is 11.0 Å². The number of carbonyl (C=O) groups is 1. The molecule has 0 saturated heterocycles. The molecule has 0 radical (unpaired) electrons. The van der Waals surface area contributed by atoms with E-state index in [4.69, 9.17) is 4.74 Å². The fourth-order valence-corrected chi connectivity index (χ4v) is 4.15. The maximum absolute atomic E-state index is 12.4. The third-order valence-electron chi connectivity index (χ3n) is 3.45. The third-order valence-corrected chi connectivity index (χ3v) is 5.40. The first-order valence-corrected chi connectivity index (χ1v) is 9.89. The fraction of sp³-hybridized carbons (Fsp3) is 0.471. The van der Waals surface area contributed by atoms with Crippen molar-refractivity contribution < 1.29 is 9.53 Å². The van der Waals surface area contributed by atoms with Crippen LogP contribution in [-0.2, 0) is 4.79 Å². The van der Waals surface area contributed by atoms with Crippen LogP contribution in [0.2, 0.25) is 0 Å². The largest absolute Gasteiger partial charge is 0.497 e. The Balaban J connectivity index is 1.94. The number of anilines is 2. The summed E-state index contributed by atoms with van der Waals surface area (Å²) in [6.45, 7) is 8.13. The summed E-state index contributed by atoms with van der Waals surface area (Å²) in [4.78, 5) is 14.3. The van der Waals surface area contributed by atoms with E-state index in [1.54, 1.807) is 7.11 Å². The molecule has 1 amide bonds. The number of benzene rings is 1. The number of thioether (sulfide) groups is 1. The normalized spacial score (nSPS) is 11.0. The molecule has 1 heterocycles. The first-order valence-electron chi connectivity index (χ1n) is 8.09. The molecule has 0 aliphatic carbocycles. The predicted octanol–water partition coefficient (Wildman–Crippen LogP) is 4.03. The summed E-state index contributed by atoms with van der Waals surface area (Å²) in [5.74, 6) is 1.26. The Morgan fingerprint density at radius 1 is 1.28 bits per heavy atom. The van der Waals surface area contributed by atoms with Gasteiger partial charge < -0.3 is 15.0 Å². The van der Waals surface area contributed by atoms with Crippen LogP contribution in [0.15, 0.2) is 28.6 Å². The second-order valence-corrected chi connectivity index (χ2v) is 8.21. The van der Waals surface area contributed by atoms with Crippen LogP contribution in [0.1, 0.15) is 27.7 Å². The number of rotatable bonds is 8. The van der Waals surface area contributed by atoms with Crippen LogP contribution in [0, 0.1) is 0 Å². The molecule has 0 aliphatic heterocycles. The first kappa shape index (κ1) is 19.5. The van der Waals surface area contributed by atoms with Gasteiger partial charge in [0.05, 0.1) is 12.9 Å². The summed E-state index contributed by atoms with van der Waals surface area (Å²) >= 11 is 2.85. The Bertz CT molecular complexity index is 695. The Morgan fingerprint density at radius 2 is 2.00 bits per heavy atom. The van der Waals surface area contributed by atoms with Crippen molar-refractivity contribution in [2.45, 2.75) is 44.1 Å². The summed E-state index contributed by atoms with van der Waals surface area (Å²) in [5.41, 5.74) is 0.883. The van der Waals surface area contributed by atoms with Crippen LogP contribution < -0.4 is 10.1 Å². The number of carbonyl (C=O) groups excluding carboxylic acids is 1. The minimum atomic E-state index is 0.118. The van der Waals surface area contributed by atoms with Gasteiger partial charge in [0, 0.05) is 23.8 Å². The zero-order chi connectivity index (χ0) is 18.4. The van der Waals surface area contributed by atoms with Gasteiger partial charge in [0.1, 0.15) is 5.75 Å². The van der Waals surface area contributed by atoms with Crippen molar-refractivity contribution in [2.24, 2.45) is 0 Å². The van der Waals surface area contributed by atoms with E-state index in [0.717, 1.165) is 15.8 Å². The summed E-state index contributed by atoms with van der Waals surface area (Å²) < 4.78 is 5.97. The molecule has 1 aromatic carbocycles. The van der Waals surface area contributed by atoms with Crippen molar-refractivity contribution >= 4 is 39.8 Å². The zero-order valence-electron chi connectivity index (χ0n) is 15.1. The van der Waals surface area contributed by atoms with Crippen LogP contribution in [-0.4, -0.2) is 46.0 Å². The van der Waals surface area contributed by atoms with Crippen LogP contribution >= 0.6 is 23.1 Å². The van der Waals surface area contributed by atoms with Crippen molar-refractivity contribution in [1.82, 2.24) is 15.1 Å². The molecule has 1 N–H and O–H groups in total. The van der Waals surface area contributed by atoms with Gasteiger partial charge in [-0.05, 0) is 39.8 Å². The minimum absolute atomic E-state index is 0.118. The molecule has 2 rings (SSSR count). The van der Waals surface area contributed by atoms with Gasteiger partial charge in [-0.3, -0.25) is 4.79 Å². The molecule has 2 aromatic rings. The Labute approximate surface area is 157 Å². The fourth-order valence-electron chi connectivity index (χ4n) is 2.51. The van der Waals surface area contributed by atoms with E-state index in [1.807, 2.05) is 56.9 Å². The average Bonchev–Trinajstić information content (AvgIpc) is 3.00. The van der Waals surface area contributed by atoms with Crippen molar-refractivity contribution in [2.75, 3.05) is 18.2 Å². The van der Waals surface area contributed by atoms with E-state index < -0.39 is 0 Å². The smallest absolute Gasteiger partial charge is 0.233 e. The molecule has 6 nitrogen and oxygen atoms in total. The van der Waals surface area contributed by atoms with E-state index in [9.17, 15) is 4.79 Å².